The summed E-state index contributed by atoms with van der Waals surface area (Å²) in [6, 6.07) is 15.5. The molecule has 1 aliphatic rings. The van der Waals surface area contributed by atoms with E-state index >= 15 is 0 Å². The van der Waals surface area contributed by atoms with Gasteiger partial charge in [0.15, 0.2) is 5.82 Å². The van der Waals surface area contributed by atoms with Gasteiger partial charge in [0.1, 0.15) is 5.03 Å². The lowest BCUT2D eigenvalue weighted by Crippen LogP contribution is -2.41. The van der Waals surface area contributed by atoms with Gasteiger partial charge < -0.3 is 10.2 Å². The average molecular weight is 439 g/mol. The third-order valence-corrected chi connectivity index (χ3v) is 6.28. The van der Waals surface area contributed by atoms with Gasteiger partial charge in [-0.15, -0.1) is 0 Å². The van der Waals surface area contributed by atoms with Crippen LogP contribution in [0.5, 0.6) is 0 Å². The van der Waals surface area contributed by atoms with E-state index in [1.165, 1.54) is 5.56 Å². The summed E-state index contributed by atoms with van der Waals surface area (Å²) in [5.74, 6) is 0.764. The maximum absolute atomic E-state index is 12.8. The van der Waals surface area contributed by atoms with Crippen molar-refractivity contribution in [2.75, 3.05) is 23.3 Å². The highest BCUT2D eigenvalue weighted by atomic mass is 35.5. The van der Waals surface area contributed by atoms with Gasteiger partial charge in [-0.1, -0.05) is 41.1 Å². The van der Waals surface area contributed by atoms with Crippen molar-refractivity contribution in [3.8, 4) is 0 Å². The van der Waals surface area contributed by atoms with Gasteiger partial charge in [0.25, 0.3) is 0 Å². The van der Waals surface area contributed by atoms with Crippen molar-refractivity contribution >= 4 is 40.8 Å². The molecular formula is C23H23ClN4OS. The van der Waals surface area contributed by atoms with Gasteiger partial charge in [-0.05, 0) is 56.2 Å². The second kappa shape index (κ2) is 9.49. The largest absolute Gasteiger partial charge is 0.354 e. The zero-order valence-corrected chi connectivity index (χ0v) is 18.3. The number of halogens is 1. The number of nitrogens with zero attached hydrogens (tertiary/aromatic N) is 3. The number of piperidine rings is 1. The molecule has 1 N–H and O–H groups in total. The molecule has 4 rings (SSSR count). The summed E-state index contributed by atoms with van der Waals surface area (Å²) in [5.41, 5.74) is 1.97. The van der Waals surface area contributed by atoms with E-state index in [0.29, 0.717) is 11.6 Å². The number of aromatic nitrogens is 2. The molecular weight excluding hydrogens is 416 g/mol. The molecule has 5 nitrogen and oxygen atoms in total. The van der Waals surface area contributed by atoms with E-state index in [-0.39, 0.29) is 11.8 Å². The van der Waals surface area contributed by atoms with Crippen molar-refractivity contribution in [1.29, 1.82) is 0 Å². The van der Waals surface area contributed by atoms with Crippen LogP contribution in [0.2, 0.25) is 5.02 Å². The van der Waals surface area contributed by atoms with E-state index in [2.05, 4.69) is 45.3 Å². The fraction of sp³-hybridized carbons (Fsp3) is 0.261. The topological polar surface area (TPSA) is 58.1 Å². The van der Waals surface area contributed by atoms with Gasteiger partial charge in [0, 0.05) is 41.1 Å². The Kier molecular flexibility index (Phi) is 6.55. The van der Waals surface area contributed by atoms with Crippen LogP contribution in [0, 0.1) is 12.8 Å². The third kappa shape index (κ3) is 5.12. The number of rotatable bonds is 5. The highest BCUT2D eigenvalue weighted by Crippen LogP contribution is 2.34. The van der Waals surface area contributed by atoms with Crippen LogP contribution < -0.4 is 10.2 Å². The highest BCUT2D eigenvalue weighted by molar-refractivity contribution is 7.99. The first kappa shape index (κ1) is 20.7. The molecule has 154 valence electrons. The Bertz CT molecular complexity index is 1030. The van der Waals surface area contributed by atoms with Gasteiger partial charge in [-0.25, -0.2) is 9.97 Å². The molecule has 0 aliphatic carbocycles. The smallest absolute Gasteiger partial charge is 0.229 e. The normalized spacial score (nSPS) is 16.3. The molecule has 30 heavy (non-hydrogen) atoms. The minimum Gasteiger partial charge on any atom is -0.354 e. The maximum Gasteiger partial charge on any atom is 0.229 e. The summed E-state index contributed by atoms with van der Waals surface area (Å²) in [4.78, 5) is 25.3. The zero-order chi connectivity index (χ0) is 20.9. The van der Waals surface area contributed by atoms with E-state index in [0.717, 1.165) is 40.8 Å². The summed E-state index contributed by atoms with van der Waals surface area (Å²) >= 11 is 7.54. The molecule has 0 radical (unpaired) electrons. The minimum absolute atomic E-state index is 0.0267. The molecule has 3 aromatic rings. The lowest BCUT2D eigenvalue weighted by Gasteiger charge is -2.33. The predicted octanol–water partition coefficient (Wildman–Crippen LogP) is 5.44. The zero-order valence-electron chi connectivity index (χ0n) is 16.7. The molecule has 1 aromatic heterocycles. The molecule has 0 saturated carbocycles. The SMILES string of the molecule is Cc1cccc(Sc2nccnc2N2CCC[C@@H](C(=O)Nc3ccc(Cl)cc3)C2)c1. The maximum atomic E-state index is 12.8. The quantitative estimate of drug-likeness (QED) is 0.574. The van der Waals surface area contributed by atoms with Crippen LogP contribution in [0.15, 0.2) is 70.8 Å². The number of aryl methyl sites for hydroxylation is 1. The molecule has 1 aliphatic heterocycles. The number of hydrogen-bond donors (Lipinski definition) is 1. The van der Waals surface area contributed by atoms with Gasteiger partial charge >= 0.3 is 0 Å². The summed E-state index contributed by atoms with van der Waals surface area (Å²) in [7, 11) is 0. The minimum atomic E-state index is -0.103. The number of carbonyl (C=O) groups is 1. The Labute approximate surface area is 185 Å². The average Bonchev–Trinajstić information content (AvgIpc) is 2.76. The Morgan fingerprint density at radius 3 is 2.77 bits per heavy atom. The van der Waals surface area contributed by atoms with Gasteiger partial charge in [0.05, 0.1) is 5.92 Å². The standard InChI is InChI=1S/C23H23ClN4OS/c1-16-4-2-6-20(14-16)30-23-21(25-11-12-26-23)28-13-3-5-17(15-28)22(29)27-19-9-7-18(24)8-10-19/h2,4,6-12,14,17H,3,5,13,15H2,1H3,(H,27,29)/t17-/m1/s1. The first-order valence-electron chi connectivity index (χ1n) is 9.95. The van der Waals surface area contributed by atoms with Crippen molar-refractivity contribution in [2.24, 2.45) is 5.92 Å². The lowest BCUT2D eigenvalue weighted by molar-refractivity contribution is -0.120. The predicted molar refractivity (Wildman–Crippen MR) is 122 cm³/mol. The molecule has 7 heteroatoms. The van der Waals surface area contributed by atoms with Crippen molar-refractivity contribution in [2.45, 2.75) is 29.7 Å². The van der Waals surface area contributed by atoms with Crippen molar-refractivity contribution in [3.05, 3.63) is 71.5 Å². The monoisotopic (exact) mass is 438 g/mol. The number of carbonyl (C=O) groups excluding carboxylic acids is 1. The second-order valence-electron chi connectivity index (χ2n) is 7.38. The number of nitrogens with one attached hydrogen (secondary N) is 1. The number of benzene rings is 2. The van der Waals surface area contributed by atoms with E-state index in [9.17, 15) is 4.79 Å². The van der Waals surface area contributed by atoms with Crippen molar-refractivity contribution in [1.82, 2.24) is 9.97 Å². The lowest BCUT2D eigenvalue weighted by atomic mass is 9.97. The molecule has 1 saturated heterocycles. The Morgan fingerprint density at radius 2 is 1.97 bits per heavy atom. The molecule has 0 unspecified atom stereocenters. The number of hydrogen-bond acceptors (Lipinski definition) is 5. The van der Waals surface area contributed by atoms with Crippen LogP contribution in [0.25, 0.3) is 0 Å². The molecule has 1 amide bonds. The van der Waals surface area contributed by atoms with Gasteiger partial charge in [-0.2, -0.15) is 0 Å². The van der Waals surface area contributed by atoms with E-state index in [1.54, 1.807) is 36.3 Å². The van der Waals surface area contributed by atoms with E-state index < -0.39 is 0 Å². The molecule has 1 fully saturated rings. The summed E-state index contributed by atoms with van der Waals surface area (Å²) in [6.45, 7) is 3.57. The highest BCUT2D eigenvalue weighted by Gasteiger charge is 2.28. The molecule has 1 atom stereocenters. The molecule has 0 bridgehead atoms. The van der Waals surface area contributed by atoms with E-state index in [4.69, 9.17) is 11.6 Å². The fourth-order valence-electron chi connectivity index (χ4n) is 3.56. The van der Waals surface area contributed by atoms with E-state index in [1.807, 2.05) is 18.2 Å². The second-order valence-corrected chi connectivity index (χ2v) is 8.88. The molecule has 0 spiro atoms. The molecule has 2 aromatic carbocycles. The summed E-state index contributed by atoms with van der Waals surface area (Å²) in [6.07, 6.45) is 5.23. The Morgan fingerprint density at radius 1 is 1.17 bits per heavy atom. The van der Waals surface area contributed by atoms with Crippen LogP contribution in [0.1, 0.15) is 18.4 Å². The molecule has 2 heterocycles. The van der Waals surface area contributed by atoms with Crippen LogP contribution >= 0.6 is 23.4 Å². The number of anilines is 2. The van der Waals surface area contributed by atoms with Gasteiger partial charge in [0.2, 0.25) is 5.91 Å². The summed E-state index contributed by atoms with van der Waals surface area (Å²) in [5, 5.41) is 4.52. The Balaban J connectivity index is 1.48. The van der Waals surface area contributed by atoms with Crippen LogP contribution in [0.4, 0.5) is 11.5 Å². The van der Waals surface area contributed by atoms with Crippen LogP contribution in [-0.4, -0.2) is 29.0 Å². The van der Waals surface area contributed by atoms with Crippen molar-refractivity contribution < 1.29 is 4.79 Å². The van der Waals surface area contributed by atoms with Crippen molar-refractivity contribution in [3.63, 3.8) is 0 Å². The number of amides is 1. The Hall–Kier alpha value is -2.57. The summed E-state index contributed by atoms with van der Waals surface area (Å²) < 4.78 is 0. The first-order chi connectivity index (χ1) is 14.6. The first-order valence-corrected chi connectivity index (χ1v) is 11.1. The third-order valence-electron chi connectivity index (χ3n) is 5.05. The van der Waals surface area contributed by atoms with Crippen LogP contribution in [-0.2, 0) is 4.79 Å². The van der Waals surface area contributed by atoms with Crippen LogP contribution in [0.3, 0.4) is 0 Å². The fourth-order valence-corrected chi connectivity index (χ4v) is 4.69. The van der Waals surface area contributed by atoms with Gasteiger partial charge in [-0.3, -0.25) is 4.79 Å².